The zero-order valence-corrected chi connectivity index (χ0v) is 15.7. The van der Waals surface area contributed by atoms with E-state index in [1.54, 1.807) is 17.3 Å². The molecule has 0 aliphatic carbocycles. The Labute approximate surface area is 148 Å². The summed E-state index contributed by atoms with van der Waals surface area (Å²) in [6.45, 7) is 7.19. The second-order valence-electron chi connectivity index (χ2n) is 7.71. The second-order valence-corrected chi connectivity index (χ2v) is 9.87. The predicted molar refractivity (Wildman–Crippen MR) is 93.8 cm³/mol. The summed E-state index contributed by atoms with van der Waals surface area (Å²) in [5, 5.41) is 0. The largest absolute Gasteiger partial charge is 0.444 e. The van der Waals surface area contributed by atoms with E-state index in [-0.39, 0.29) is 23.6 Å². The topological polar surface area (TPSA) is 79.8 Å². The lowest BCUT2D eigenvalue weighted by Gasteiger charge is -2.44. The number of nitrogens with zero attached hydrogens (tertiary/aromatic N) is 3. The molecule has 25 heavy (non-hydrogen) atoms. The van der Waals surface area contributed by atoms with Gasteiger partial charge in [-0.05, 0) is 38.5 Å². The maximum absolute atomic E-state index is 12.5. The first kappa shape index (κ1) is 18.1. The van der Waals surface area contributed by atoms with Gasteiger partial charge in [-0.1, -0.05) is 0 Å². The van der Waals surface area contributed by atoms with Gasteiger partial charge in [-0.3, -0.25) is 9.88 Å². The predicted octanol–water partition coefficient (Wildman–Crippen LogP) is 1.30. The minimum Gasteiger partial charge on any atom is -0.444 e. The lowest BCUT2D eigenvalue weighted by atomic mass is 10.0. The van der Waals surface area contributed by atoms with Gasteiger partial charge in [-0.2, -0.15) is 0 Å². The van der Waals surface area contributed by atoms with Gasteiger partial charge in [0.15, 0.2) is 9.84 Å². The standard InChI is InChI=1S/C17H25N3O4S/c1-17(2,3)24-16(21)20-9-8-19(10-13-4-6-18-7-5-13)14-11-25(22,23)12-15(14)20/h4-7,14-15H,8-12H2,1-3H3. The van der Waals surface area contributed by atoms with Crippen molar-refractivity contribution in [2.24, 2.45) is 0 Å². The number of carbonyl (C=O) groups is 1. The van der Waals surface area contributed by atoms with Crippen molar-refractivity contribution in [3.05, 3.63) is 30.1 Å². The molecule has 2 aliphatic rings. The number of ether oxygens (including phenoxy) is 1. The van der Waals surface area contributed by atoms with E-state index in [4.69, 9.17) is 4.74 Å². The molecule has 138 valence electrons. The van der Waals surface area contributed by atoms with Crippen LogP contribution in [0.4, 0.5) is 4.79 Å². The summed E-state index contributed by atoms with van der Waals surface area (Å²) < 4.78 is 29.9. The highest BCUT2D eigenvalue weighted by Crippen LogP contribution is 2.29. The highest BCUT2D eigenvalue weighted by molar-refractivity contribution is 7.91. The number of aromatic nitrogens is 1. The van der Waals surface area contributed by atoms with Crippen LogP contribution in [0.1, 0.15) is 26.3 Å². The quantitative estimate of drug-likeness (QED) is 0.784. The maximum Gasteiger partial charge on any atom is 0.410 e. The SMILES string of the molecule is CC(C)(C)OC(=O)N1CCN(Cc2ccncc2)C2CS(=O)(=O)CC21. The van der Waals surface area contributed by atoms with Gasteiger partial charge in [0.05, 0.1) is 17.5 Å². The lowest BCUT2D eigenvalue weighted by molar-refractivity contribution is -0.0105. The number of amides is 1. The summed E-state index contributed by atoms with van der Waals surface area (Å²) in [6, 6.07) is 3.31. The molecule has 0 radical (unpaired) electrons. The summed E-state index contributed by atoms with van der Waals surface area (Å²) >= 11 is 0. The van der Waals surface area contributed by atoms with E-state index in [0.29, 0.717) is 19.6 Å². The number of sulfone groups is 1. The van der Waals surface area contributed by atoms with Gasteiger partial charge in [0.1, 0.15) is 5.60 Å². The summed E-state index contributed by atoms with van der Waals surface area (Å²) in [5.41, 5.74) is 0.488. The van der Waals surface area contributed by atoms with Crippen molar-refractivity contribution in [2.75, 3.05) is 24.6 Å². The van der Waals surface area contributed by atoms with E-state index in [1.165, 1.54) is 0 Å². The van der Waals surface area contributed by atoms with Gasteiger partial charge >= 0.3 is 6.09 Å². The number of fused-ring (bicyclic) bond motifs is 1. The average molecular weight is 367 g/mol. The Bertz CT molecular complexity index is 730. The van der Waals surface area contributed by atoms with E-state index >= 15 is 0 Å². The van der Waals surface area contributed by atoms with Crippen LogP contribution in [-0.4, -0.2) is 71.6 Å². The number of rotatable bonds is 2. The van der Waals surface area contributed by atoms with E-state index in [9.17, 15) is 13.2 Å². The lowest BCUT2D eigenvalue weighted by Crippen LogP contribution is -2.60. The first-order chi connectivity index (χ1) is 11.6. The van der Waals surface area contributed by atoms with Crippen molar-refractivity contribution in [3.63, 3.8) is 0 Å². The van der Waals surface area contributed by atoms with Crippen LogP contribution in [0.25, 0.3) is 0 Å². The molecular formula is C17H25N3O4S. The van der Waals surface area contributed by atoms with Crippen molar-refractivity contribution < 1.29 is 17.9 Å². The molecule has 0 saturated carbocycles. The Morgan fingerprint density at radius 3 is 2.48 bits per heavy atom. The van der Waals surface area contributed by atoms with Gasteiger partial charge in [-0.15, -0.1) is 0 Å². The van der Waals surface area contributed by atoms with E-state index < -0.39 is 21.5 Å². The third kappa shape index (κ3) is 4.30. The first-order valence-corrected chi connectivity index (χ1v) is 10.3. The van der Waals surface area contributed by atoms with Crippen LogP contribution in [0.15, 0.2) is 24.5 Å². The van der Waals surface area contributed by atoms with Crippen LogP contribution in [0.2, 0.25) is 0 Å². The fourth-order valence-corrected chi connectivity index (χ4v) is 5.50. The molecule has 2 saturated heterocycles. The molecule has 2 atom stereocenters. The van der Waals surface area contributed by atoms with Crippen molar-refractivity contribution >= 4 is 15.9 Å². The number of hydrogen-bond acceptors (Lipinski definition) is 6. The second kappa shape index (κ2) is 6.57. The molecule has 1 aromatic heterocycles. The summed E-state index contributed by atoms with van der Waals surface area (Å²) in [7, 11) is -3.17. The van der Waals surface area contributed by atoms with Gasteiger partial charge in [0, 0.05) is 38.1 Å². The third-order valence-electron chi connectivity index (χ3n) is 4.55. The molecule has 1 aromatic rings. The van der Waals surface area contributed by atoms with Gasteiger partial charge in [-0.25, -0.2) is 13.2 Å². The number of carbonyl (C=O) groups excluding carboxylic acids is 1. The highest BCUT2D eigenvalue weighted by Gasteiger charge is 2.48. The average Bonchev–Trinajstić information content (AvgIpc) is 2.82. The molecule has 0 aromatic carbocycles. The molecule has 0 bridgehead atoms. The summed E-state index contributed by atoms with van der Waals surface area (Å²) in [4.78, 5) is 20.3. The Hall–Kier alpha value is -1.67. The fraction of sp³-hybridized carbons (Fsp3) is 0.647. The molecular weight excluding hydrogens is 342 g/mol. The monoisotopic (exact) mass is 367 g/mol. The van der Waals surface area contributed by atoms with Crippen molar-refractivity contribution in [2.45, 2.75) is 45.0 Å². The van der Waals surface area contributed by atoms with Crippen LogP contribution in [0.5, 0.6) is 0 Å². The van der Waals surface area contributed by atoms with Crippen LogP contribution in [0.3, 0.4) is 0 Å². The summed E-state index contributed by atoms with van der Waals surface area (Å²) in [5.74, 6) is 0.0891. The summed E-state index contributed by atoms with van der Waals surface area (Å²) in [6.07, 6.45) is 3.03. The number of piperazine rings is 1. The number of pyridine rings is 1. The van der Waals surface area contributed by atoms with Crippen molar-refractivity contribution in [1.82, 2.24) is 14.8 Å². The molecule has 2 aliphatic heterocycles. The van der Waals surface area contributed by atoms with Crippen LogP contribution in [0, 0.1) is 0 Å². The normalized spacial score (nSPS) is 26.3. The molecule has 0 spiro atoms. The van der Waals surface area contributed by atoms with E-state index in [2.05, 4.69) is 9.88 Å². The van der Waals surface area contributed by atoms with Gasteiger partial charge in [0.25, 0.3) is 0 Å². The Balaban J connectivity index is 1.79. The first-order valence-electron chi connectivity index (χ1n) is 8.48. The molecule has 3 rings (SSSR count). The molecule has 8 heteroatoms. The molecule has 7 nitrogen and oxygen atoms in total. The van der Waals surface area contributed by atoms with E-state index in [1.807, 2.05) is 32.9 Å². The van der Waals surface area contributed by atoms with E-state index in [0.717, 1.165) is 5.56 Å². The molecule has 3 heterocycles. The zero-order chi connectivity index (χ0) is 18.2. The molecule has 0 N–H and O–H groups in total. The molecule has 1 amide bonds. The zero-order valence-electron chi connectivity index (χ0n) is 14.9. The van der Waals surface area contributed by atoms with Crippen LogP contribution in [-0.2, 0) is 21.1 Å². The minimum atomic E-state index is -3.17. The fourth-order valence-electron chi connectivity index (χ4n) is 3.49. The van der Waals surface area contributed by atoms with Gasteiger partial charge < -0.3 is 9.64 Å². The smallest absolute Gasteiger partial charge is 0.410 e. The molecule has 2 unspecified atom stereocenters. The highest BCUT2D eigenvalue weighted by atomic mass is 32.2. The Morgan fingerprint density at radius 1 is 1.20 bits per heavy atom. The minimum absolute atomic E-state index is 0.00372. The maximum atomic E-state index is 12.5. The van der Waals surface area contributed by atoms with Crippen molar-refractivity contribution in [3.8, 4) is 0 Å². The number of hydrogen-bond donors (Lipinski definition) is 0. The van der Waals surface area contributed by atoms with Gasteiger partial charge in [0.2, 0.25) is 0 Å². The van der Waals surface area contributed by atoms with Crippen LogP contribution < -0.4 is 0 Å². The molecule has 2 fully saturated rings. The Kier molecular flexibility index (Phi) is 4.76. The van der Waals surface area contributed by atoms with Crippen molar-refractivity contribution in [1.29, 1.82) is 0 Å². The third-order valence-corrected chi connectivity index (χ3v) is 6.25. The Morgan fingerprint density at radius 2 is 1.84 bits per heavy atom. The van der Waals surface area contributed by atoms with Crippen LogP contribution >= 0.6 is 0 Å².